The molecule has 1 heterocycles. The molecule has 0 saturated carbocycles. The molecular weight excluding hydrogens is 308 g/mol. The second-order valence-corrected chi connectivity index (χ2v) is 6.47. The third kappa shape index (κ3) is 3.41. The summed E-state index contributed by atoms with van der Waals surface area (Å²) in [5.41, 5.74) is 3.37. The van der Waals surface area contributed by atoms with Crippen molar-refractivity contribution in [3.63, 3.8) is 0 Å². The first kappa shape index (κ1) is 16.0. The molecule has 0 aliphatic carbocycles. The van der Waals surface area contributed by atoms with Crippen molar-refractivity contribution in [3.05, 3.63) is 64.7 Å². The van der Waals surface area contributed by atoms with Crippen molar-refractivity contribution in [1.29, 1.82) is 0 Å². The number of nitrogens with zero attached hydrogens (tertiary/aromatic N) is 1. The number of nitrogens with one attached hydrogen (secondary N) is 1. The first-order valence-corrected chi connectivity index (χ1v) is 8.35. The van der Waals surface area contributed by atoms with E-state index in [1.54, 1.807) is 0 Å². The van der Waals surface area contributed by atoms with Gasteiger partial charge in [0.2, 0.25) is 5.91 Å². The molecule has 1 aliphatic rings. The molecule has 2 atom stereocenters. The van der Waals surface area contributed by atoms with Crippen LogP contribution in [0.25, 0.3) is 0 Å². The minimum Gasteiger partial charge on any atom is -0.310 e. The van der Waals surface area contributed by atoms with Crippen LogP contribution in [-0.4, -0.2) is 18.5 Å². The minimum atomic E-state index is -0.255. The van der Waals surface area contributed by atoms with Gasteiger partial charge >= 0.3 is 0 Å². The van der Waals surface area contributed by atoms with Crippen LogP contribution in [0.15, 0.2) is 48.5 Å². The van der Waals surface area contributed by atoms with Crippen LogP contribution in [0.3, 0.4) is 0 Å². The van der Waals surface area contributed by atoms with Crippen LogP contribution >= 0.6 is 11.6 Å². The molecule has 2 unspecified atom stereocenters. The van der Waals surface area contributed by atoms with Crippen molar-refractivity contribution in [3.8, 4) is 0 Å². The van der Waals surface area contributed by atoms with Gasteiger partial charge in [0, 0.05) is 23.3 Å². The van der Waals surface area contributed by atoms with Gasteiger partial charge in [0.05, 0.1) is 6.04 Å². The van der Waals surface area contributed by atoms with Crippen LogP contribution in [-0.2, 0) is 11.2 Å². The number of para-hydroxylation sites is 1. The normalized spacial score (nSPS) is 16.0. The number of carbonyl (C=O) groups is 1. The molecule has 4 heteroatoms. The first-order chi connectivity index (χ1) is 11.1. The molecule has 0 aromatic heterocycles. The summed E-state index contributed by atoms with van der Waals surface area (Å²) in [7, 11) is 0. The van der Waals surface area contributed by atoms with E-state index in [1.807, 2.05) is 61.2 Å². The predicted molar refractivity (Wildman–Crippen MR) is 95.0 cm³/mol. The Morgan fingerprint density at radius 3 is 2.74 bits per heavy atom. The summed E-state index contributed by atoms with van der Waals surface area (Å²) in [5.74, 6) is 0.115. The monoisotopic (exact) mass is 328 g/mol. The Bertz CT molecular complexity index is 716. The lowest BCUT2D eigenvalue weighted by Gasteiger charge is -2.25. The fourth-order valence-corrected chi connectivity index (χ4v) is 3.32. The Balaban J connectivity index is 1.69. The second-order valence-electron chi connectivity index (χ2n) is 6.03. The lowest BCUT2D eigenvalue weighted by Crippen LogP contribution is -2.45. The van der Waals surface area contributed by atoms with Crippen molar-refractivity contribution in [2.75, 3.05) is 11.4 Å². The lowest BCUT2D eigenvalue weighted by atomic mass is 10.1. The maximum Gasteiger partial charge on any atom is 0.243 e. The number of hydrogen-bond acceptors (Lipinski definition) is 2. The van der Waals surface area contributed by atoms with E-state index >= 15 is 0 Å². The van der Waals surface area contributed by atoms with Gasteiger partial charge in [0.15, 0.2) is 0 Å². The van der Waals surface area contributed by atoms with Crippen molar-refractivity contribution in [1.82, 2.24) is 5.32 Å². The number of fused-ring (bicyclic) bond motifs is 1. The van der Waals surface area contributed by atoms with E-state index < -0.39 is 0 Å². The van der Waals surface area contributed by atoms with Crippen molar-refractivity contribution in [2.24, 2.45) is 0 Å². The molecule has 2 aromatic carbocycles. The number of amides is 1. The van der Waals surface area contributed by atoms with E-state index in [1.165, 1.54) is 5.56 Å². The quantitative estimate of drug-likeness (QED) is 0.921. The number of anilines is 1. The van der Waals surface area contributed by atoms with Gasteiger partial charge in [-0.2, -0.15) is 0 Å². The molecule has 1 amide bonds. The van der Waals surface area contributed by atoms with Gasteiger partial charge in [-0.05, 0) is 49.6 Å². The van der Waals surface area contributed by atoms with Crippen LogP contribution in [0, 0.1) is 0 Å². The Kier molecular flexibility index (Phi) is 4.69. The average molecular weight is 329 g/mol. The van der Waals surface area contributed by atoms with E-state index in [9.17, 15) is 4.79 Å². The van der Waals surface area contributed by atoms with E-state index in [0.717, 1.165) is 24.2 Å². The summed E-state index contributed by atoms with van der Waals surface area (Å²) in [4.78, 5) is 14.7. The molecule has 0 saturated heterocycles. The summed E-state index contributed by atoms with van der Waals surface area (Å²) in [6.45, 7) is 4.73. The van der Waals surface area contributed by atoms with E-state index in [-0.39, 0.29) is 18.0 Å². The second kappa shape index (κ2) is 6.73. The molecule has 1 aliphatic heterocycles. The number of hydrogen-bond donors (Lipinski definition) is 1. The summed E-state index contributed by atoms with van der Waals surface area (Å²) < 4.78 is 0. The number of halogens is 1. The summed E-state index contributed by atoms with van der Waals surface area (Å²) in [6.07, 6.45) is 0.929. The summed E-state index contributed by atoms with van der Waals surface area (Å²) in [6, 6.07) is 15.7. The van der Waals surface area contributed by atoms with Gasteiger partial charge < -0.3 is 4.90 Å². The fourth-order valence-electron chi connectivity index (χ4n) is 3.12. The van der Waals surface area contributed by atoms with E-state index in [4.69, 9.17) is 11.6 Å². The molecule has 23 heavy (non-hydrogen) atoms. The zero-order chi connectivity index (χ0) is 16.4. The molecule has 120 valence electrons. The Morgan fingerprint density at radius 2 is 1.96 bits per heavy atom. The van der Waals surface area contributed by atoms with E-state index in [2.05, 4.69) is 11.4 Å². The molecule has 3 nitrogen and oxygen atoms in total. The summed E-state index contributed by atoms with van der Waals surface area (Å²) >= 11 is 6.04. The van der Waals surface area contributed by atoms with E-state index in [0.29, 0.717) is 5.02 Å². The maximum atomic E-state index is 12.8. The zero-order valence-corrected chi connectivity index (χ0v) is 14.2. The Morgan fingerprint density at radius 1 is 1.17 bits per heavy atom. The van der Waals surface area contributed by atoms with Crippen molar-refractivity contribution in [2.45, 2.75) is 32.4 Å². The maximum absolute atomic E-state index is 12.8. The largest absolute Gasteiger partial charge is 0.310 e. The highest BCUT2D eigenvalue weighted by molar-refractivity contribution is 6.30. The first-order valence-electron chi connectivity index (χ1n) is 7.97. The molecule has 2 aromatic rings. The van der Waals surface area contributed by atoms with Gasteiger partial charge in [-0.15, -0.1) is 0 Å². The SMILES string of the molecule is CC(NC(C)c1cccc(Cl)c1)C(=O)N1CCc2ccccc21. The smallest absolute Gasteiger partial charge is 0.243 e. The average Bonchev–Trinajstić information content (AvgIpc) is 2.98. The molecule has 1 N–H and O–H groups in total. The Labute approximate surface area is 142 Å². The number of rotatable bonds is 4. The van der Waals surface area contributed by atoms with Crippen LogP contribution in [0.2, 0.25) is 5.02 Å². The van der Waals surface area contributed by atoms with Crippen molar-refractivity contribution < 1.29 is 4.79 Å². The molecule has 0 bridgehead atoms. The standard InChI is InChI=1S/C19H21ClN2O/c1-13(16-7-5-8-17(20)12-16)21-14(2)19(23)22-11-10-15-6-3-4-9-18(15)22/h3-9,12-14,21H,10-11H2,1-2H3. The third-order valence-electron chi connectivity index (χ3n) is 4.37. The van der Waals surface area contributed by atoms with Gasteiger partial charge in [0.25, 0.3) is 0 Å². The molecule has 0 radical (unpaired) electrons. The predicted octanol–water partition coefficient (Wildman–Crippen LogP) is 3.97. The third-order valence-corrected chi connectivity index (χ3v) is 4.61. The molecular formula is C19H21ClN2O. The molecule has 0 spiro atoms. The fraction of sp³-hybridized carbons (Fsp3) is 0.316. The van der Waals surface area contributed by atoms with Gasteiger partial charge in [-0.1, -0.05) is 41.9 Å². The summed E-state index contributed by atoms with van der Waals surface area (Å²) in [5, 5.41) is 4.09. The van der Waals surface area contributed by atoms with Crippen molar-refractivity contribution >= 4 is 23.2 Å². The van der Waals surface area contributed by atoms with Gasteiger partial charge in [-0.25, -0.2) is 0 Å². The zero-order valence-electron chi connectivity index (χ0n) is 13.4. The highest BCUT2D eigenvalue weighted by Gasteiger charge is 2.28. The van der Waals surface area contributed by atoms with Gasteiger partial charge in [-0.3, -0.25) is 10.1 Å². The number of carbonyl (C=O) groups excluding carboxylic acids is 1. The van der Waals surface area contributed by atoms with Gasteiger partial charge in [0.1, 0.15) is 0 Å². The van der Waals surface area contributed by atoms with Crippen LogP contribution in [0.5, 0.6) is 0 Å². The number of benzene rings is 2. The lowest BCUT2D eigenvalue weighted by molar-refractivity contribution is -0.120. The van der Waals surface area contributed by atoms with Crippen LogP contribution in [0.1, 0.15) is 31.0 Å². The minimum absolute atomic E-state index is 0.0606. The molecule has 3 rings (SSSR count). The Hall–Kier alpha value is -1.84. The van der Waals surface area contributed by atoms with Crippen LogP contribution < -0.4 is 10.2 Å². The highest BCUT2D eigenvalue weighted by Crippen LogP contribution is 2.28. The van der Waals surface area contributed by atoms with Crippen LogP contribution in [0.4, 0.5) is 5.69 Å². The highest BCUT2D eigenvalue weighted by atomic mass is 35.5. The molecule has 0 fully saturated rings. The topological polar surface area (TPSA) is 32.3 Å².